The molecule has 1 saturated carbocycles. The van der Waals surface area contributed by atoms with E-state index in [-0.39, 0.29) is 43.4 Å². The third-order valence-corrected chi connectivity index (χ3v) is 7.69. The molecule has 0 aromatic heterocycles. The summed E-state index contributed by atoms with van der Waals surface area (Å²) in [7, 11) is -1.13. The van der Waals surface area contributed by atoms with Crippen LogP contribution in [0.3, 0.4) is 0 Å². The van der Waals surface area contributed by atoms with Crippen molar-refractivity contribution in [1.82, 2.24) is 15.3 Å². The van der Waals surface area contributed by atoms with E-state index in [1.807, 2.05) is 0 Å². The van der Waals surface area contributed by atoms with E-state index in [2.05, 4.69) is 10.4 Å². The molecule has 1 aliphatic rings. The van der Waals surface area contributed by atoms with Crippen LogP contribution < -0.4 is 14.9 Å². The Balaban J connectivity index is 2.03. The second-order valence-electron chi connectivity index (χ2n) is 8.85. The number of nitrogens with one attached hydrogen (secondary N) is 2. The van der Waals surface area contributed by atoms with Gasteiger partial charge in [-0.3, -0.25) is 18.9 Å². The van der Waals surface area contributed by atoms with Gasteiger partial charge in [0.05, 0.1) is 12.7 Å². The standard InChI is InChI=1S/C25H37ClN3O8P/c1-19(29(18-30)14-13-24(31)27-2)15-23(34-3)17-35-38(33,37-22-11-9-20(26)10-12-22)28-16-25(32)36-21-7-5-4-6-8-21/h9-14,18-19,21,23H,4-8,15-17H2,1-3H3,(H,27,31)(H,28,33)/b14-13-. The van der Waals surface area contributed by atoms with Gasteiger partial charge in [-0.1, -0.05) is 18.0 Å². The molecule has 0 spiro atoms. The first-order valence-corrected chi connectivity index (χ1v) is 14.4. The van der Waals surface area contributed by atoms with Gasteiger partial charge in [0, 0.05) is 37.5 Å². The average molecular weight is 574 g/mol. The van der Waals surface area contributed by atoms with E-state index in [1.165, 1.54) is 43.5 Å². The fraction of sp³-hybridized carbons (Fsp3) is 0.560. The second-order valence-corrected chi connectivity index (χ2v) is 11.0. The van der Waals surface area contributed by atoms with Gasteiger partial charge in [-0.05, 0) is 63.3 Å². The molecule has 0 aliphatic heterocycles. The molecule has 1 fully saturated rings. The highest BCUT2D eigenvalue weighted by molar-refractivity contribution is 7.52. The van der Waals surface area contributed by atoms with Crippen LogP contribution in [-0.4, -0.2) is 68.7 Å². The minimum absolute atomic E-state index is 0.145. The Morgan fingerprint density at radius 1 is 1.21 bits per heavy atom. The Morgan fingerprint density at radius 2 is 1.89 bits per heavy atom. The molecule has 0 bridgehead atoms. The van der Waals surface area contributed by atoms with Crippen LogP contribution in [0.2, 0.25) is 5.02 Å². The summed E-state index contributed by atoms with van der Waals surface area (Å²) in [4.78, 5) is 36.7. The first kappa shape index (κ1) is 31.8. The van der Waals surface area contributed by atoms with E-state index in [4.69, 9.17) is 30.1 Å². The molecule has 0 radical (unpaired) electrons. The number of amides is 2. The molecule has 2 N–H and O–H groups in total. The van der Waals surface area contributed by atoms with Crippen LogP contribution >= 0.6 is 19.3 Å². The first-order chi connectivity index (χ1) is 18.2. The van der Waals surface area contributed by atoms with Gasteiger partial charge in [-0.25, -0.2) is 9.65 Å². The molecule has 13 heteroatoms. The molecule has 0 heterocycles. The van der Waals surface area contributed by atoms with E-state index in [0.717, 1.165) is 32.1 Å². The predicted molar refractivity (Wildman–Crippen MR) is 143 cm³/mol. The van der Waals surface area contributed by atoms with Crippen molar-refractivity contribution in [2.45, 2.75) is 63.7 Å². The van der Waals surface area contributed by atoms with Gasteiger partial charge in [-0.2, -0.15) is 0 Å². The minimum atomic E-state index is -4.06. The van der Waals surface area contributed by atoms with Crippen LogP contribution in [0, 0.1) is 0 Å². The largest absolute Gasteiger partial charge is 0.461 e. The molecular weight excluding hydrogens is 537 g/mol. The lowest BCUT2D eigenvalue weighted by molar-refractivity contribution is -0.149. The van der Waals surface area contributed by atoms with E-state index in [0.29, 0.717) is 11.4 Å². The molecule has 0 saturated heterocycles. The number of ether oxygens (including phenoxy) is 2. The smallest absolute Gasteiger partial charge is 0.459 e. The maximum Gasteiger partial charge on any atom is 0.459 e. The molecule has 1 aromatic rings. The Kier molecular flexibility index (Phi) is 13.8. The number of carbonyl (C=O) groups is 3. The van der Waals surface area contributed by atoms with Gasteiger partial charge in [0.2, 0.25) is 12.3 Å². The van der Waals surface area contributed by atoms with Gasteiger partial charge in [0.25, 0.3) is 0 Å². The number of halogens is 1. The SMILES string of the molecule is CNC(=O)/C=C\N(C=O)C(C)CC(COP(=O)(NCC(=O)OC1CCCCC1)Oc1ccc(Cl)cc1)OC. The van der Waals surface area contributed by atoms with Crippen LogP contribution in [0.1, 0.15) is 45.4 Å². The van der Waals surface area contributed by atoms with E-state index in [9.17, 15) is 18.9 Å². The molecule has 38 heavy (non-hydrogen) atoms. The van der Waals surface area contributed by atoms with Crippen LogP contribution in [0.15, 0.2) is 36.5 Å². The van der Waals surface area contributed by atoms with Crippen molar-refractivity contribution in [3.05, 3.63) is 41.6 Å². The van der Waals surface area contributed by atoms with Gasteiger partial charge >= 0.3 is 13.7 Å². The van der Waals surface area contributed by atoms with Crippen LogP contribution in [0.25, 0.3) is 0 Å². The van der Waals surface area contributed by atoms with E-state index >= 15 is 0 Å². The van der Waals surface area contributed by atoms with Crippen molar-refractivity contribution < 1.29 is 37.5 Å². The Hall–Kier alpha value is -2.43. The maximum absolute atomic E-state index is 13.6. The van der Waals surface area contributed by atoms with Gasteiger partial charge in [0.15, 0.2) is 0 Å². The van der Waals surface area contributed by atoms with Crippen molar-refractivity contribution in [3.8, 4) is 5.75 Å². The summed E-state index contributed by atoms with van der Waals surface area (Å²) in [5, 5.41) is 5.48. The molecule has 2 rings (SSSR count). The highest BCUT2D eigenvalue weighted by atomic mass is 35.5. The number of hydrogen-bond donors (Lipinski definition) is 2. The first-order valence-electron chi connectivity index (χ1n) is 12.5. The van der Waals surface area contributed by atoms with Crippen molar-refractivity contribution in [3.63, 3.8) is 0 Å². The minimum Gasteiger partial charge on any atom is -0.461 e. The van der Waals surface area contributed by atoms with E-state index in [1.54, 1.807) is 19.1 Å². The van der Waals surface area contributed by atoms with Gasteiger partial charge < -0.3 is 24.2 Å². The lowest BCUT2D eigenvalue weighted by Crippen LogP contribution is -2.34. The zero-order chi connectivity index (χ0) is 28.0. The zero-order valence-electron chi connectivity index (χ0n) is 22.0. The van der Waals surface area contributed by atoms with Crippen molar-refractivity contribution >= 4 is 37.6 Å². The fourth-order valence-corrected chi connectivity index (χ4v) is 5.17. The lowest BCUT2D eigenvalue weighted by atomic mass is 9.98. The molecule has 3 atom stereocenters. The fourth-order valence-electron chi connectivity index (χ4n) is 3.75. The third kappa shape index (κ3) is 11.5. The Morgan fingerprint density at radius 3 is 2.50 bits per heavy atom. The number of hydrogen-bond acceptors (Lipinski definition) is 8. The number of carbonyl (C=O) groups excluding carboxylic acids is 3. The molecule has 2 amide bonds. The number of likely N-dealkylation sites (N-methyl/N-ethyl adjacent to an activating group) is 1. The number of nitrogens with zero attached hydrogens (tertiary/aromatic N) is 1. The Labute approximate surface area is 228 Å². The van der Waals surface area contributed by atoms with Crippen molar-refractivity contribution in [1.29, 1.82) is 0 Å². The van der Waals surface area contributed by atoms with Crippen molar-refractivity contribution in [2.24, 2.45) is 0 Å². The topological polar surface area (TPSA) is 132 Å². The Bertz CT molecular complexity index is 972. The number of methoxy groups -OCH3 is 1. The normalized spacial score (nSPS) is 17.3. The summed E-state index contributed by atoms with van der Waals surface area (Å²) in [6, 6.07) is 5.81. The molecule has 3 unspecified atom stereocenters. The molecule has 1 aromatic carbocycles. The predicted octanol–water partition coefficient (Wildman–Crippen LogP) is 3.82. The molecule has 1 aliphatic carbocycles. The van der Waals surface area contributed by atoms with Gasteiger partial charge in [0.1, 0.15) is 18.4 Å². The number of benzene rings is 1. The summed E-state index contributed by atoms with van der Waals surface area (Å²) in [6.07, 6.45) is 7.48. The zero-order valence-corrected chi connectivity index (χ0v) is 23.6. The summed E-state index contributed by atoms with van der Waals surface area (Å²) in [6.45, 7) is 1.21. The van der Waals surface area contributed by atoms with Crippen LogP contribution in [0.5, 0.6) is 5.75 Å². The third-order valence-electron chi connectivity index (χ3n) is 5.95. The number of esters is 1. The van der Waals surface area contributed by atoms with Crippen LogP contribution in [-0.2, 0) is 32.9 Å². The maximum atomic E-state index is 13.6. The molecule has 212 valence electrons. The second kappa shape index (κ2) is 16.5. The average Bonchev–Trinajstić information content (AvgIpc) is 2.92. The lowest BCUT2D eigenvalue weighted by Gasteiger charge is -2.27. The highest BCUT2D eigenvalue weighted by Crippen LogP contribution is 2.44. The quantitative estimate of drug-likeness (QED) is 0.131. The number of rotatable bonds is 16. The van der Waals surface area contributed by atoms with Crippen LogP contribution in [0.4, 0.5) is 0 Å². The monoisotopic (exact) mass is 573 g/mol. The highest BCUT2D eigenvalue weighted by Gasteiger charge is 2.31. The van der Waals surface area contributed by atoms with E-state index < -0.39 is 19.8 Å². The summed E-state index contributed by atoms with van der Waals surface area (Å²) >= 11 is 5.93. The van der Waals surface area contributed by atoms with Gasteiger partial charge in [-0.15, -0.1) is 0 Å². The molecule has 11 nitrogen and oxygen atoms in total. The molecular formula is C25H37ClN3O8P. The summed E-state index contributed by atoms with van der Waals surface area (Å²) < 4.78 is 35.8. The van der Waals surface area contributed by atoms with Crippen molar-refractivity contribution in [2.75, 3.05) is 27.3 Å². The summed E-state index contributed by atoms with van der Waals surface area (Å²) in [5.74, 6) is -0.689. The summed E-state index contributed by atoms with van der Waals surface area (Å²) in [5.41, 5.74) is 0.